The summed E-state index contributed by atoms with van der Waals surface area (Å²) in [5, 5.41) is 38.6. The van der Waals surface area contributed by atoms with Crippen molar-refractivity contribution >= 4 is 61.7 Å². The third-order valence-corrected chi connectivity index (χ3v) is 8.57. The van der Waals surface area contributed by atoms with Crippen molar-refractivity contribution in [2.24, 2.45) is 0 Å². The molecule has 0 aromatic heterocycles. The molecule has 16 heteroatoms. The van der Waals surface area contributed by atoms with Gasteiger partial charge in [-0.05, 0) is 79.2 Å². The van der Waals surface area contributed by atoms with Crippen LogP contribution in [0.4, 0.5) is 0 Å². The Balaban J connectivity index is 1.42. The molecule has 0 bridgehead atoms. The van der Waals surface area contributed by atoms with E-state index in [0.29, 0.717) is 36.9 Å². The summed E-state index contributed by atoms with van der Waals surface area (Å²) in [5.41, 5.74) is 1.62. The first kappa shape index (κ1) is 31.0. The van der Waals surface area contributed by atoms with Crippen molar-refractivity contribution in [3.8, 4) is 0 Å². The van der Waals surface area contributed by atoms with Crippen molar-refractivity contribution in [1.29, 1.82) is 0 Å². The summed E-state index contributed by atoms with van der Waals surface area (Å²) in [6.45, 7) is 2.92. The summed E-state index contributed by atoms with van der Waals surface area (Å²) in [5.74, 6) is -3.02. The van der Waals surface area contributed by atoms with Crippen LogP contribution in [0.25, 0.3) is 0 Å². The summed E-state index contributed by atoms with van der Waals surface area (Å²) in [6.07, 6.45) is 0.374. The number of aliphatic carboxylic acids is 1. The third kappa shape index (κ3) is 6.59. The van der Waals surface area contributed by atoms with Gasteiger partial charge in [0, 0.05) is 11.1 Å². The topological polar surface area (TPSA) is 187 Å². The molecule has 3 heterocycles. The molecular formula is C27H32B2N4O9S. The number of carbonyl (C=O) groups excluding carboxylic acids is 3. The Morgan fingerprint density at radius 2 is 1.56 bits per heavy atom. The van der Waals surface area contributed by atoms with Crippen LogP contribution in [0.15, 0.2) is 36.4 Å². The van der Waals surface area contributed by atoms with E-state index < -0.39 is 55.6 Å². The average molecular weight is 610 g/mol. The van der Waals surface area contributed by atoms with E-state index in [1.165, 1.54) is 25.1 Å². The molecule has 226 valence electrons. The lowest BCUT2D eigenvalue weighted by atomic mass is 9.78. The SMILES string of the molecule is C[C@H](NC(=O)c1ccc2c(c1)B(O)OC2)[C@@H](C(=O)NC1(CC(=O)O)CCNCC1)N(S)C(=O)c1ccc2c(c1)B(O)OC2. The zero-order valence-corrected chi connectivity index (χ0v) is 24.3. The highest BCUT2D eigenvalue weighted by Gasteiger charge is 2.42. The fourth-order valence-electron chi connectivity index (χ4n) is 5.76. The first-order valence-electron chi connectivity index (χ1n) is 13.9. The fourth-order valence-corrected chi connectivity index (χ4v) is 6.18. The van der Waals surface area contributed by atoms with E-state index in [-0.39, 0.29) is 30.8 Å². The molecule has 2 aromatic rings. The normalized spacial score (nSPS) is 18.3. The minimum atomic E-state index is -1.38. The van der Waals surface area contributed by atoms with Crippen LogP contribution >= 0.6 is 12.8 Å². The number of amides is 3. The quantitative estimate of drug-likeness (QED) is 0.128. The molecule has 0 radical (unpaired) electrons. The number of hydrogen-bond donors (Lipinski definition) is 7. The molecule has 6 N–H and O–H groups in total. The molecule has 0 saturated carbocycles. The van der Waals surface area contributed by atoms with E-state index >= 15 is 0 Å². The Bertz CT molecular complexity index is 1440. The first-order chi connectivity index (χ1) is 20.5. The zero-order valence-electron chi connectivity index (χ0n) is 23.4. The second-order valence-corrected chi connectivity index (χ2v) is 11.5. The minimum Gasteiger partial charge on any atom is -0.481 e. The number of nitrogens with zero attached hydrogens (tertiary/aromatic N) is 1. The summed E-state index contributed by atoms with van der Waals surface area (Å²) in [4.78, 5) is 52.6. The van der Waals surface area contributed by atoms with Gasteiger partial charge in [0.05, 0.1) is 31.2 Å². The van der Waals surface area contributed by atoms with E-state index in [2.05, 4.69) is 28.8 Å². The van der Waals surface area contributed by atoms with Crippen LogP contribution < -0.4 is 26.9 Å². The lowest BCUT2D eigenvalue weighted by molar-refractivity contribution is -0.139. The Kier molecular flexibility index (Phi) is 9.15. The molecule has 2 atom stereocenters. The van der Waals surface area contributed by atoms with Crippen LogP contribution in [-0.4, -0.2) is 88.1 Å². The van der Waals surface area contributed by atoms with Crippen LogP contribution in [0.2, 0.25) is 0 Å². The maximum atomic E-state index is 13.9. The van der Waals surface area contributed by atoms with E-state index in [0.717, 1.165) is 15.4 Å². The van der Waals surface area contributed by atoms with E-state index in [4.69, 9.17) is 9.31 Å². The van der Waals surface area contributed by atoms with Gasteiger partial charge in [0.2, 0.25) is 5.91 Å². The van der Waals surface area contributed by atoms with Crippen molar-refractivity contribution in [3.05, 3.63) is 58.7 Å². The number of rotatable bonds is 9. The van der Waals surface area contributed by atoms with E-state index in [9.17, 15) is 34.3 Å². The van der Waals surface area contributed by atoms with Crippen LogP contribution in [0.1, 0.15) is 58.0 Å². The predicted molar refractivity (Wildman–Crippen MR) is 159 cm³/mol. The number of nitrogens with one attached hydrogen (secondary N) is 3. The number of fused-ring (bicyclic) bond motifs is 2. The molecule has 0 spiro atoms. The average Bonchev–Trinajstić information content (AvgIpc) is 3.53. The molecule has 0 unspecified atom stereocenters. The predicted octanol–water partition coefficient (Wildman–Crippen LogP) is -1.69. The number of piperidine rings is 1. The number of hydrogen-bond acceptors (Lipinski definition) is 10. The van der Waals surface area contributed by atoms with Gasteiger partial charge in [0.15, 0.2) is 0 Å². The van der Waals surface area contributed by atoms with Crippen LogP contribution in [0.5, 0.6) is 0 Å². The molecular weight excluding hydrogens is 578 g/mol. The number of carbonyl (C=O) groups is 4. The second kappa shape index (κ2) is 12.7. The van der Waals surface area contributed by atoms with Crippen molar-refractivity contribution in [3.63, 3.8) is 0 Å². The molecule has 3 amide bonds. The number of thiol groups is 1. The Morgan fingerprint density at radius 1 is 1.00 bits per heavy atom. The highest BCUT2D eigenvalue weighted by Crippen LogP contribution is 2.25. The first-order valence-corrected chi connectivity index (χ1v) is 14.3. The van der Waals surface area contributed by atoms with E-state index in [1.54, 1.807) is 18.2 Å². The maximum absolute atomic E-state index is 13.9. The lowest BCUT2D eigenvalue weighted by Crippen LogP contribution is -2.63. The summed E-state index contributed by atoms with van der Waals surface area (Å²) in [7, 11) is -2.35. The van der Waals surface area contributed by atoms with Crippen molar-refractivity contribution in [2.75, 3.05) is 13.1 Å². The Labute approximate surface area is 254 Å². The largest absolute Gasteiger partial charge is 0.491 e. The lowest BCUT2D eigenvalue weighted by Gasteiger charge is -2.40. The summed E-state index contributed by atoms with van der Waals surface area (Å²) >= 11 is 4.43. The molecule has 1 fully saturated rings. The van der Waals surface area contributed by atoms with Gasteiger partial charge in [-0.15, -0.1) is 0 Å². The van der Waals surface area contributed by atoms with Gasteiger partial charge in [0.1, 0.15) is 6.04 Å². The van der Waals surface area contributed by atoms with Crippen molar-refractivity contribution in [1.82, 2.24) is 20.3 Å². The van der Waals surface area contributed by atoms with Gasteiger partial charge >= 0.3 is 20.2 Å². The van der Waals surface area contributed by atoms with Crippen molar-refractivity contribution < 1.29 is 43.6 Å². The Hall–Kier alpha value is -3.40. The number of carboxylic acids is 1. The standard InChI is InChI=1S/C27H32B2N4O9S/c1-15(31-24(36)16-2-4-18-13-41-28(39)20(18)10-16)23(25(37)32-27(12-22(34)35)6-8-30-9-7-27)33(43)26(38)17-3-5-19-14-42-29(40)21(19)11-17/h2-5,10-11,15,23,30,39-40,43H,6-9,12-14H2,1H3,(H,31,36)(H,32,37)(H,34,35)/t15-,23-/m0/s1. The van der Waals surface area contributed by atoms with Crippen molar-refractivity contribution in [2.45, 2.75) is 57.0 Å². The van der Waals surface area contributed by atoms with Gasteiger partial charge in [-0.3, -0.25) is 23.5 Å². The minimum absolute atomic E-state index is 0.129. The van der Waals surface area contributed by atoms with Crippen LogP contribution in [-0.2, 0) is 32.1 Å². The van der Waals surface area contributed by atoms with E-state index in [1.807, 2.05) is 0 Å². The molecule has 5 rings (SSSR count). The van der Waals surface area contributed by atoms with Gasteiger partial charge < -0.3 is 40.4 Å². The van der Waals surface area contributed by atoms with Crippen LogP contribution in [0.3, 0.4) is 0 Å². The van der Waals surface area contributed by atoms with Gasteiger partial charge in [0.25, 0.3) is 11.8 Å². The van der Waals surface area contributed by atoms with Gasteiger partial charge in [-0.1, -0.05) is 24.9 Å². The molecule has 2 aromatic carbocycles. The smallest absolute Gasteiger partial charge is 0.481 e. The number of carboxylic acid groups (broad SMARTS) is 1. The van der Waals surface area contributed by atoms with Gasteiger partial charge in [-0.25, -0.2) is 0 Å². The molecule has 0 aliphatic carbocycles. The molecule has 43 heavy (non-hydrogen) atoms. The van der Waals surface area contributed by atoms with Crippen LogP contribution in [0, 0.1) is 0 Å². The zero-order chi connectivity index (χ0) is 30.9. The Morgan fingerprint density at radius 3 is 2.14 bits per heavy atom. The number of benzene rings is 2. The molecule has 3 aliphatic heterocycles. The second-order valence-electron chi connectivity index (χ2n) is 11.1. The summed E-state index contributed by atoms with van der Waals surface area (Å²) in [6, 6.07) is 6.99. The fraction of sp³-hybridized carbons (Fsp3) is 0.407. The molecule has 13 nitrogen and oxygen atoms in total. The van der Waals surface area contributed by atoms with Gasteiger partial charge in [-0.2, -0.15) is 0 Å². The highest BCUT2D eigenvalue weighted by atomic mass is 32.1. The third-order valence-electron chi connectivity index (χ3n) is 8.14. The monoisotopic (exact) mass is 610 g/mol. The molecule has 3 aliphatic rings. The maximum Gasteiger partial charge on any atom is 0.491 e. The highest BCUT2D eigenvalue weighted by molar-refractivity contribution is 7.78. The summed E-state index contributed by atoms with van der Waals surface area (Å²) < 4.78 is 11.3. The molecule has 1 saturated heterocycles.